The van der Waals surface area contributed by atoms with Crippen molar-refractivity contribution >= 4 is 0 Å². The van der Waals surface area contributed by atoms with Crippen molar-refractivity contribution < 1.29 is 0 Å². The standard InChI is InChI=1S/C21H36N2/c1-16(2)15-21(3)13-12-17(22)14-20(21)23(18-8-4-5-9-18)19-10-6-7-11-19/h12-14,16,18-20H,4-11,15,22H2,1-3H3. The van der Waals surface area contributed by atoms with Gasteiger partial charge in [-0.2, -0.15) is 0 Å². The molecule has 0 radical (unpaired) electrons. The molecule has 2 unspecified atom stereocenters. The smallest absolute Gasteiger partial charge is 0.0395 e. The monoisotopic (exact) mass is 316 g/mol. The van der Waals surface area contributed by atoms with Crippen LogP contribution in [0, 0.1) is 11.3 Å². The molecule has 0 aromatic rings. The van der Waals surface area contributed by atoms with Gasteiger partial charge in [-0.15, -0.1) is 0 Å². The van der Waals surface area contributed by atoms with Crippen molar-refractivity contribution in [2.45, 2.75) is 96.7 Å². The minimum atomic E-state index is 0.224. The molecule has 23 heavy (non-hydrogen) atoms. The molecular formula is C21H36N2. The lowest BCUT2D eigenvalue weighted by molar-refractivity contribution is 0.0424. The summed E-state index contributed by atoms with van der Waals surface area (Å²) < 4.78 is 0. The summed E-state index contributed by atoms with van der Waals surface area (Å²) in [7, 11) is 0. The van der Waals surface area contributed by atoms with E-state index in [1.54, 1.807) is 0 Å². The third-order valence-electron chi connectivity index (χ3n) is 6.34. The Morgan fingerprint density at radius 2 is 1.61 bits per heavy atom. The third-order valence-corrected chi connectivity index (χ3v) is 6.34. The van der Waals surface area contributed by atoms with Crippen molar-refractivity contribution in [1.29, 1.82) is 0 Å². The number of nitrogens with two attached hydrogens (primary N) is 1. The highest BCUT2D eigenvalue weighted by molar-refractivity contribution is 5.29. The van der Waals surface area contributed by atoms with Crippen LogP contribution in [-0.2, 0) is 0 Å². The first-order chi connectivity index (χ1) is 11.0. The minimum absolute atomic E-state index is 0.224. The summed E-state index contributed by atoms with van der Waals surface area (Å²) in [6.07, 6.45) is 19.4. The molecule has 2 saturated carbocycles. The van der Waals surface area contributed by atoms with Crippen LogP contribution < -0.4 is 5.73 Å². The van der Waals surface area contributed by atoms with Gasteiger partial charge in [-0.25, -0.2) is 0 Å². The molecule has 3 rings (SSSR count). The second-order valence-electron chi connectivity index (χ2n) is 8.87. The lowest BCUT2D eigenvalue weighted by Gasteiger charge is -2.49. The maximum atomic E-state index is 6.26. The average molecular weight is 317 g/mol. The molecule has 0 aliphatic heterocycles. The third kappa shape index (κ3) is 3.68. The lowest BCUT2D eigenvalue weighted by atomic mass is 9.71. The topological polar surface area (TPSA) is 29.3 Å². The van der Waals surface area contributed by atoms with E-state index in [2.05, 4.69) is 43.9 Å². The summed E-state index contributed by atoms with van der Waals surface area (Å²) in [5.74, 6) is 0.717. The molecule has 2 atom stereocenters. The molecule has 0 aromatic heterocycles. The second-order valence-corrected chi connectivity index (χ2v) is 8.87. The predicted octanol–water partition coefficient (Wildman–Crippen LogP) is 5.01. The normalized spacial score (nSPS) is 33.1. The molecule has 3 aliphatic carbocycles. The Morgan fingerprint density at radius 1 is 1.09 bits per heavy atom. The van der Waals surface area contributed by atoms with Crippen LogP contribution in [-0.4, -0.2) is 23.0 Å². The van der Waals surface area contributed by atoms with E-state index in [4.69, 9.17) is 5.73 Å². The van der Waals surface area contributed by atoms with Crippen LogP contribution >= 0.6 is 0 Å². The van der Waals surface area contributed by atoms with E-state index in [-0.39, 0.29) is 5.41 Å². The molecule has 2 nitrogen and oxygen atoms in total. The van der Waals surface area contributed by atoms with Crippen molar-refractivity contribution in [3.8, 4) is 0 Å². The van der Waals surface area contributed by atoms with E-state index in [1.165, 1.54) is 57.8 Å². The van der Waals surface area contributed by atoms with Gasteiger partial charge in [0, 0.05) is 29.2 Å². The molecule has 0 heterocycles. The van der Waals surface area contributed by atoms with E-state index in [0.717, 1.165) is 17.8 Å². The first-order valence-electron chi connectivity index (χ1n) is 9.93. The maximum Gasteiger partial charge on any atom is 0.0395 e. The molecule has 3 aliphatic rings. The fourth-order valence-corrected chi connectivity index (χ4v) is 5.47. The van der Waals surface area contributed by atoms with Gasteiger partial charge in [0.1, 0.15) is 0 Å². The highest BCUT2D eigenvalue weighted by atomic mass is 15.2. The van der Waals surface area contributed by atoms with Gasteiger partial charge in [-0.3, -0.25) is 4.90 Å². The molecule has 2 heteroatoms. The maximum absolute atomic E-state index is 6.26. The zero-order chi connectivity index (χ0) is 16.4. The molecule has 0 spiro atoms. The largest absolute Gasteiger partial charge is 0.399 e. The van der Waals surface area contributed by atoms with Gasteiger partial charge in [-0.05, 0) is 50.2 Å². The van der Waals surface area contributed by atoms with Crippen molar-refractivity contribution in [2.75, 3.05) is 0 Å². The summed E-state index contributed by atoms with van der Waals surface area (Å²) >= 11 is 0. The number of hydrogen-bond acceptors (Lipinski definition) is 2. The van der Waals surface area contributed by atoms with Crippen molar-refractivity contribution in [3.05, 3.63) is 23.9 Å². The van der Waals surface area contributed by atoms with Gasteiger partial charge in [0.2, 0.25) is 0 Å². The summed E-state index contributed by atoms with van der Waals surface area (Å²) in [4.78, 5) is 2.93. The van der Waals surface area contributed by atoms with Crippen LogP contribution in [0.4, 0.5) is 0 Å². The Labute approximate surface area is 143 Å². The summed E-state index contributed by atoms with van der Waals surface area (Å²) in [6, 6.07) is 2.05. The van der Waals surface area contributed by atoms with Crippen LogP contribution in [0.1, 0.15) is 78.6 Å². The summed E-state index contributed by atoms with van der Waals surface area (Å²) in [5.41, 5.74) is 7.45. The first-order valence-corrected chi connectivity index (χ1v) is 9.93. The molecule has 0 aromatic carbocycles. The molecular weight excluding hydrogens is 280 g/mol. The number of hydrogen-bond donors (Lipinski definition) is 1. The molecule has 0 amide bonds. The van der Waals surface area contributed by atoms with Gasteiger partial charge in [-0.1, -0.05) is 52.5 Å². The Hall–Kier alpha value is -0.760. The molecule has 130 valence electrons. The zero-order valence-corrected chi connectivity index (χ0v) is 15.4. The van der Waals surface area contributed by atoms with Crippen LogP contribution in [0.25, 0.3) is 0 Å². The van der Waals surface area contributed by atoms with E-state index in [9.17, 15) is 0 Å². The Bertz CT molecular complexity index is 436. The highest BCUT2D eigenvalue weighted by Crippen LogP contribution is 2.43. The summed E-state index contributed by atoms with van der Waals surface area (Å²) in [5, 5.41) is 0. The van der Waals surface area contributed by atoms with Crippen LogP contribution in [0.3, 0.4) is 0 Å². The van der Waals surface area contributed by atoms with Crippen LogP contribution in [0.15, 0.2) is 23.9 Å². The molecule has 2 fully saturated rings. The van der Waals surface area contributed by atoms with E-state index >= 15 is 0 Å². The number of rotatable bonds is 5. The van der Waals surface area contributed by atoms with Gasteiger partial charge < -0.3 is 5.73 Å². The minimum Gasteiger partial charge on any atom is -0.399 e. The van der Waals surface area contributed by atoms with E-state index < -0.39 is 0 Å². The predicted molar refractivity (Wildman–Crippen MR) is 99.1 cm³/mol. The Morgan fingerprint density at radius 3 is 2.09 bits per heavy atom. The SMILES string of the molecule is CC(C)CC1(C)C=CC(N)=CC1N(C1CCCC1)C1CCCC1. The van der Waals surface area contributed by atoms with Crippen LogP contribution in [0.5, 0.6) is 0 Å². The molecule has 2 N–H and O–H groups in total. The lowest BCUT2D eigenvalue weighted by Crippen LogP contribution is -2.54. The van der Waals surface area contributed by atoms with Crippen molar-refractivity contribution in [3.63, 3.8) is 0 Å². The fraction of sp³-hybridized carbons (Fsp3) is 0.810. The second kappa shape index (κ2) is 7.01. The summed E-state index contributed by atoms with van der Waals surface area (Å²) in [6.45, 7) is 7.18. The van der Waals surface area contributed by atoms with Crippen LogP contribution in [0.2, 0.25) is 0 Å². The van der Waals surface area contributed by atoms with Crippen molar-refractivity contribution in [1.82, 2.24) is 4.90 Å². The Balaban J connectivity index is 1.91. The Kier molecular flexibility index (Phi) is 5.20. The quantitative estimate of drug-likeness (QED) is 0.772. The highest BCUT2D eigenvalue weighted by Gasteiger charge is 2.43. The number of nitrogens with zero attached hydrogens (tertiary/aromatic N) is 1. The van der Waals surface area contributed by atoms with Crippen molar-refractivity contribution in [2.24, 2.45) is 17.1 Å². The van der Waals surface area contributed by atoms with E-state index in [0.29, 0.717) is 12.0 Å². The molecule has 0 saturated heterocycles. The van der Waals surface area contributed by atoms with Gasteiger partial charge in [0.25, 0.3) is 0 Å². The average Bonchev–Trinajstić information content (AvgIpc) is 3.16. The number of allylic oxidation sites excluding steroid dienone is 1. The first kappa shape index (κ1) is 17.1. The molecule has 0 bridgehead atoms. The zero-order valence-electron chi connectivity index (χ0n) is 15.4. The van der Waals surface area contributed by atoms with E-state index in [1.807, 2.05) is 0 Å². The van der Waals surface area contributed by atoms with Gasteiger partial charge in [0.05, 0.1) is 0 Å². The van der Waals surface area contributed by atoms with Gasteiger partial charge in [0.15, 0.2) is 0 Å². The fourth-order valence-electron chi connectivity index (χ4n) is 5.47. The van der Waals surface area contributed by atoms with Gasteiger partial charge >= 0.3 is 0 Å².